The summed E-state index contributed by atoms with van der Waals surface area (Å²) in [6, 6.07) is 15.8. The van der Waals surface area contributed by atoms with Crippen LogP contribution in [0.4, 0.5) is 0 Å². The van der Waals surface area contributed by atoms with Crippen molar-refractivity contribution in [3.8, 4) is 5.75 Å². The van der Waals surface area contributed by atoms with Crippen LogP contribution in [0.25, 0.3) is 10.9 Å². The van der Waals surface area contributed by atoms with E-state index in [2.05, 4.69) is 22.4 Å². The van der Waals surface area contributed by atoms with E-state index in [0.717, 1.165) is 22.9 Å². The van der Waals surface area contributed by atoms with E-state index in [1.807, 2.05) is 49.5 Å². The molecule has 5 nitrogen and oxygen atoms in total. The van der Waals surface area contributed by atoms with Gasteiger partial charge in [-0.3, -0.25) is 9.78 Å². The molecule has 2 heterocycles. The standard InChI is InChI=1S/C23H24N2O3/c1-15-6-5-9-21(27-2)22(15)23(26)25-20-14-28-13-17(20)12-16-10-11-24-19-8-4-3-7-18(16)19/h3-11,17,20H,12-14H2,1-2H3,(H,25,26)/t17-,20+/m1/s1. The van der Waals surface area contributed by atoms with Gasteiger partial charge >= 0.3 is 0 Å². The Bertz CT molecular complexity index is 997. The first-order chi connectivity index (χ1) is 13.7. The van der Waals surface area contributed by atoms with Gasteiger partial charge in [0.2, 0.25) is 0 Å². The number of hydrogen-bond acceptors (Lipinski definition) is 4. The van der Waals surface area contributed by atoms with Gasteiger partial charge in [0.25, 0.3) is 5.91 Å². The number of amides is 1. The summed E-state index contributed by atoms with van der Waals surface area (Å²) in [4.78, 5) is 17.4. The van der Waals surface area contributed by atoms with E-state index < -0.39 is 0 Å². The molecule has 0 unspecified atom stereocenters. The van der Waals surface area contributed by atoms with E-state index in [-0.39, 0.29) is 17.9 Å². The third-order valence-electron chi connectivity index (χ3n) is 5.42. The molecule has 1 aromatic heterocycles. The highest BCUT2D eigenvalue weighted by Crippen LogP contribution is 2.26. The lowest BCUT2D eigenvalue weighted by Crippen LogP contribution is -2.41. The molecule has 1 aliphatic rings. The summed E-state index contributed by atoms with van der Waals surface area (Å²) in [5.41, 5.74) is 3.70. The van der Waals surface area contributed by atoms with Gasteiger partial charge < -0.3 is 14.8 Å². The van der Waals surface area contributed by atoms with Gasteiger partial charge in [-0.15, -0.1) is 0 Å². The second-order valence-corrected chi connectivity index (χ2v) is 7.22. The predicted molar refractivity (Wildman–Crippen MR) is 109 cm³/mol. The van der Waals surface area contributed by atoms with Crippen LogP contribution in [0, 0.1) is 12.8 Å². The fourth-order valence-electron chi connectivity index (χ4n) is 3.92. The minimum absolute atomic E-state index is 0.0382. The summed E-state index contributed by atoms with van der Waals surface area (Å²) in [5.74, 6) is 0.688. The molecule has 0 radical (unpaired) electrons. The Balaban J connectivity index is 1.54. The smallest absolute Gasteiger partial charge is 0.255 e. The van der Waals surface area contributed by atoms with Crippen molar-refractivity contribution in [1.29, 1.82) is 0 Å². The van der Waals surface area contributed by atoms with Crippen LogP contribution in [0.3, 0.4) is 0 Å². The Kier molecular flexibility index (Phi) is 5.26. The van der Waals surface area contributed by atoms with Gasteiger partial charge in [0.05, 0.1) is 37.4 Å². The van der Waals surface area contributed by atoms with Crippen LogP contribution in [0.2, 0.25) is 0 Å². The number of carbonyl (C=O) groups is 1. The molecule has 0 spiro atoms. The van der Waals surface area contributed by atoms with Crippen molar-refractivity contribution in [3.05, 3.63) is 71.4 Å². The van der Waals surface area contributed by atoms with Crippen molar-refractivity contribution in [2.24, 2.45) is 5.92 Å². The lowest BCUT2D eigenvalue weighted by molar-refractivity contribution is 0.0921. The summed E-state index contributed by atoms with van der Waals surface area (Å²) < 4.78 is 11.1. The number of benzene rings is 2. The molecule has 4 rings (SSSR count). The summed E-state index contributed by atoms with van der Waals surface area (Å²) in [6.07, 6.45) is 2.68. The number of aromatic nitrogens is 1. The van der Waals surface area contributed by atoms with Crippen LogP contribution in [0.1, 0.15) is 21.5 Å². The topological polar surface area (TPSA) is 60.5 Å². The first kappa shape index (κ1) is 18.4. The van der Waals surface area contributed by atoms with E-state index in [0.29, 0.717) is 24.5 Å². The van der Waals surface area contributed by atoms with Gasteiger partial charge in [0.15, 0.2) is 0 Å². The Morgan fingerprint density at radius 2 is 2.04 bits per heavy atom. The molecule has 1 fully saturated rings. The molecule has 0 aliphatic carbocycles. The second kappa shape index (κ2) is 7.98. The maximum atomic E-state index is 13.0. The number of nitrogens with one attached hydrogen (secondary N) is 1. The van der Waals surface area contributed by atoms with Gasteiger partial charge in [-0.25, -0.2) is 0 Å². The normalized spacial score (nSPS) is 18.9. The molecule has 144 valence electrons. The fourth-order valence-corrected chi connectivity index (χ4v) is 3.92. The zero-order valence-corrected chi connectivity index (χ0v) is 16.1. The molecule has 1 amide bonds. The molecule has 2 aromatic carbocycles. The Hall–Kier alpha value is -2.92. The maximum Gasteiger partial charge on any atom is 0.255 e. The summed E-state index contributed by atoms with van der Waals surface area (Å²) in [7, 11) is 1.58. The summed E-state index contributed by atoms with van der Waals surface area (Å²) in [6.45, 7) is 3.07. The molecule has 1 aliphatic heterocycles. The van der Waals surface area contributed by atoms with Crippen molar-refractivity contribution in [2.75, 3.05) is 20.3 Å². The number of aryl methyl sites for hydroxylation is 1. The molecule has 3 aromatic rings. The SMILES string of the molecule is COc1cccc(C)c1C(=O)N[C@H]1COC[C@H]1Cc1ccnc2ccccc12. The van der Waals surface area contributed by atoms with Gasteiger partial charge in [0, 0.05) is 17.5 Å². The molecule has 2 atom stereocenters. The van der Waals surface area contributed by atoms with Crippen LogP contribution >= 0.6 is 0 Å². The van der Waals surface area contributed by atoms with Crippen molar-refractivity contribution in [1.82, 2.24) is 10.3 Å². The van der Waals surface area contributed by atoms with Gasteiger partial charge in [-0.1, -0.05) is 30.3 Å². The van der Waals surface area contributed by atoms with Crippen LogP contribution in [-0.2, 0) is 11.2 Å². The molecule has 5 heteroatoms. The Labute approximate surface area is 164 Å². The van der Waals surface area contributed by atoms with E-state index in [1.54, 1.807) is 7.11 Å². The number of nitrogens with zero attached hydrogens (tertiary/aromatic N) is 1. The third kappa shape index (κ3) is 3.58. The van der Waals surface area contributed by atoms with Gasteiger partial charge in [-0.05, 0) is 42.7 Å². The van der Waals surface area contributed by atoms with Crippen LogP contribution < -0.4 is 10.1 Å². The van der Waals surface area contributed by atoms with Crippen molar-refractivity contribution in [3.63, 3.8) is 0 Å². The third-order valence-corrected chi connectivity index (χ3v) is 5.42. The van der Waals surface area contributed by atoms with Crippen LogP contribution in [0.5, 0.6) is 5.75 Å². The highest BCUT2D eigenvalue weighted by atomic mass is 16.5. The molecule has 1 N–H and O–H groups in total. The quantitative estimate of drug-likeness (QED) is 0.740. The van der Waals surface area contributed by atoms with E-state index in [1.165, 1.54) is 5.56 Å². The Morgan fingerprint density at radius 3 is 2.89 bits per heavy atom. The van der Waals surface area contributed by atoms with Crippen molar-refractivity contribution >= 4 is 16.8 Å². The number of fused-ring (bicyclic) bond motifs is 1. The fraction of sp³-hybridized carbons (Fsp3) is 0.304. The lowest BCUT2D eigenvalue weighted by Gasteiger charge is -2.21. The van der Waals surface area contributed by atoms with Gasteiger partial charge in [-0.2, -0.15) is 0 Å². The number of para-hydroxylation sites is 1. The highest BCUT2D eigenvalue weighted by molar-refractivity contribution is 5.98. The van der Waals surface area contributed by atoms with Crippen molar-refractivity contribution in [2.45, 2.75) is 19.4 Å². The second-order valence-electron chi connectivity index (χ2n) is 7.22. The highest BCUT2D eigenvalue weighted by Gasteiger charge is 2.31. The number of hydrogen-bond donors (Lipinski definition) is 1. The van der Waals surface area contributed by atoms with Crippen LogP contribution in [-0.4, -0.2) is 37.3 Å². The molecule has 0 saturated carbocycles. The van der Waals surface area contributed by atoms with E-state index in [4.69, 9.17) is 9.47 Å². The van der Waals surface area contributed by atoms with Gasteiger partial charge in [0.1, 0.15) is 5.75 Å². The number of rotatable bonds is 5. The number of pyridine rings is 1. The number of ether oxygens (including phenoxy) is 2. The minimum atomic E-state index is -0.116. The summed E-state index contributed by atoms with van der Waals surface area (Å²) >= 11 is 0. The first-order valence-electron chi connectivity index (χ1n) is 9.52. The molecule has 28 heavy (non-hydrogen) atoms. The van der Waals surface area contributed by atoms with Crippen LogP contribution in [0.15, 0.2) is 54.7 Å². The molecule has 1 saturated heterocycles. The first-order valence-corrected chi connectivity index (χ1v) is 9.52. The number of methoxy groups -OCH3 is 1. The summed E-state index contributed by atoms with van der Waals surface area (Å²) in [5, 5.41) is 4.32. The average Bonchev–Trinajstić information content (AvgIpc) is 3.14. The number of carbonyl (C=O) groups excluding carboxylic acids is 1. The monoisotopic (exact) mass is 376 g/mol. The molecular weight excluding hydrogens is 352 g/mol. The molecular formula is C23H24N2O3. The van der Waals surface area contributed by atoms with E-state index in [9.17, 15) is 4.79 Å². The zero-order chi connectivity index (χ0) is 19.5. The largest absolute Gasteiger partial charge is 0.496 e. The lowest BCUT2D eigenvalue weighted by atomic mass is 9.92. The average molecular weight is 376 g/mol. The molecule has 0 bridgehead atoms. The zero-order valence-electron chi connectivity index (χ0n) is 16.1. The maximum absolute atomic E-state index is 13.0. The van der Waals surface area contributed by atoms with Crippen molar-refractivity contribution < 1.29 is 14.3 Å². The Morgan fingerprint density at radius 1 is 1.18 bits per heavy atom. The van der Waals surface area contributed by atoms with E-state index >= 15 is 0 Å². The predicted octanol–water partition coefficient (Wildman–Crippen LogP) is 3.54. The minimum Gasteiger partial charge on any atom is -0.496 e.